The Kier molecular flexibility index (Phi) is 3.71. The van der Waals surface area contributed by atoms with Gasteiger partial charge in [0, 0.05) is 19.4 Å². The Bertz CT molecular complexity index is 1130. The molecule has 1 atom stereocenters. The number of thiazole rings is 1. The first-order valence-electron chi connectivity index (χ1n) is 7.74. The van der Waals surface area contributed by atoms with Crippen LogP contribution in [0.5, 0.6) is 0 Å². The number of nitrogens with zero attached hydrogens (tertiary/aromatic N) is 4. The first-order chi connectivity index (χ1) is 12.2. The summed E-state index contributed by atoms with van der Waals surface area (Å²) in [5.41, 5.74) is 3.68. The number of benzene rings is 2. The average Bonchev–Trinajstić information content (AvgIpc) is 3.25. The van der Waals surface area contributed by atoms with E-state index in [1.807, 2.05) is 47.2 Å². The number of hydrogen-bond donors (Lipinski definition) is 0. The van der Waals surface area contributed by atoms with Gasteiger partial charge < -0.3 is 9.13 Å². The molecule has 0 fully saturated rings. The van der Waals surface area contributed by atoms with Gasteiger partial charge in [0.15, 0.2) is 0 Å². The van der Waals surface area contributed by atoms with Crippen LogP contribution in [0.2, 0.25) is 0 Å². The minimum absolute atomic E-state index is 0.0321. The molecular weight excluding hydrogens is 332 g/mol. The normalized spacial score (nSPS) is 12.2. The van der Waals surface area contributed by atoms with Crippen LogP contribution in [-0.4, -0.2) is 14.1 Å². The van der Waals surface area contributed by atoms with Crippen molar-refractivity contribution in [3.63, 3.8) is 0 Å². The Balaban J connectivity index is 1.89. The lowest BCUT2D eigenvalue weighted by atomic mass is 9.97. The largest absolute Gasteiger partial charge is 0.326 e. The fourth-order valence-electron chi connectivity index (χ4n) is 3.02. The third-order valence-corrected chi connectivity index (χ3v) is 5.31. The highest BCUT2D eigenvalue weighted by atomic mass is 32.1. The van der Waals surface area contributed by atoms with Gasteiger partial charge >= 0.3 is 4.87 Å². The van der Waals surface area contributed by atoms with Gasteiger partial charge in [-0.25, -0.2) is 4.98 Å². The van der Waals surface area contributed by atoms with E-state index in [0.717, 1.165) is 21.3 Å². The maximum Gasteiger partial charge on any atom is 0.307 e. The summed E-state index contributed by atoms with van der Waals surface area (Å²) in [6.45, 7) is 0. The van der Waals surface area contributed by atoms with Crippen LogP contribution in [-0.2, 0) is 7.05 Å². The van der Waals surface area contributed by atoms with Crippen molar-refractivity contribution >= 4 is 21.6 Å². The average molecular weight is 346 g/mol. The summed E-state index contributed by atoms with van der Waals surface area (Å²) in [6, 6.07) is 15.7. The van der Waals surface area contributed by atoms with E-state index in [1.165, 1.54) is 11.3 Å². The fraction of sp³-hybridized carbons (Fsp3) is 0.105. The zero-order chi connectivity index (χ0) is 17.4. The molecule has 0 aliphatic carbocycles. The molecule has 5 nitrogen and oxygen atoms in total. The van der Waals surface area contributed by atoms with E-state index in [0.29, 0.717) is 5.56 Å². The topological polar surface area (TPSA) is 63.6 Å². The highest BCUT2D eigenvalue weighted by Crippen LogP contribution is 2.30. The van der Waals surface area contributed by atoms with E-state index in [1.54, 1.807) is 24.1 Å². The van der Waals surface area contributed by atoms with Crippen LogP contribution in [0.1, 0.15) is 22.7 Å². The molecule has 25 heavy (non-hydrogen) atoms. The third kappa shape index (κ3) is 2.65. The van der Waals surface area contributed by atoms with Gasteiger partial charge in [0.1, 0.15) is 0 Å². The number of hydrogen-bond acceptors (Lipinski definition) is 4. The van der Waals surface area contributed by atoms with Crippen LogP contribution in [0, 0.1) is 11.3 Å². The predicted molar refractivity (Wildman–Crippen MR) is 97.7 cm³/mol. The van der Waals surface area contributed by atoms with Gasteiger partial charge in [0.25, 0.3) is 0 Å². The second kappa shape index (κ2) is 6.04. The Morgan fingerprint density at radius 2 is 1.92 bits per heavy atom. The molecule has 122 valence electrons. The van der Waals surface area contributed by atoms with Crippen LogP contribution < -0.4 is 4.87 Å². The van der Waals surface area contributed by atoms with E-state index >= 15 is 0 Å². The number of aryl methyl sites for hydroxylation is 1. The number of rotatable bonds is 3. The molecule has 0 aliphatic heterocycles. The van der Waals surface area contributed by atoms with Crippen molar-refractivity contribution in [3.8, 4) is 6.07 Å². The van der Waals surface area contributed by atoms with Crippen molar-refractivity contribution in [2.24, 2.45) is 7.05 Å². The zero-order valence-electron chi connectivity index (χ0n) is 13.5. The molecule has 4 aromatic rings. The van der Waals surface area contributed by atoms with E-state index in [9.17, 15) is 4.79 Å². The van der Waals surface area contributed by atoms with Crippen molar-refractivity contribution in [1.29, 1.82) is 5.26 Å². The van der Waals surface area contributed by atoms with Gasteiger partial charge in [-0.05, 0) is 35.4 Å². The first-order valence-corrected chi connectivity index (χ1v) is 8.56. The standard InChI is InChI=1S/C19H14N4OS/c1-22-16-7-6-15(10-17(16)25-19(22)24)18(23-9-8-21-12-23)14-4-2-13(11-20)3-5-14/h2-10,12,18H,1H3. The lowest BCUT2D eigenvalue weighted by Gasteiger charge is -2.20. The molecule has 0 amide bonds. The molecule has 2 heterocycles. The van der Waals surface area contributed by atoms with E-state index < -0.39 is 0 Å². The number of imidazole rings is 1. The predicted octanol–water partition coefficient (Wildman–Crippen LogP) is 3.31. The Labute approximate surface area is 148 Å². The second-order valence-corrected chi connectivity index (χ2v) is 6.79. The summed E-state index contributed by atoms with van der Waals surface area (Å²) >= 11 is 1.25. The first kappa shape index (κ1) is 15.4. The van der Waals surface area contributed by atoms with Crippen molar-refractivity contribution in [2.45, 2.75) is 6.04 Å². The zero-order valence-corrected chi connectivity index (χ0v) is 14.3. The molecule has 0 bridgehead atoms. The molecule has 1 unspecified atom stereocenters. The molecule has 2 aromatic carbocycles. The molecular formula is C19H14N4OS. The van der Waals surface area contributed by atoms with Gasteiger partial charge in [0.05, 0.1) is 34.2 Å². The molecule has 6 heteroatoms. The Hall–Kier alpha value is -3.17. The SMILES string of the molecule is Cn1c(=O)sc2cc(C(c3ccc(C#N)cc3)n3ccnc3)ccc21. The van der Waals surface area contributed by atoms with E-state index in [4.69, 9.17) is 5.26 Å². The lowest BCUT2D eigenvalue weighted by molar-refractivity contribution is 0.677. The Morgan fingerprint density at radius 1 is 1.16 bits per heavy atom. The van der Waals surface area contributed by atoms with Crippen LogP contribution in [0.25, 0.3) is 10.2 Å². The number of nitriles is 1. The molecule has 0 spiro atoms. The fourth-order valence-corrected chi connectivity index (χ4v) is 3.95. The lowest BCUT2D eigenvalue weighted by Crippen LogP contribution is -2.10. The molecule has 0 N–H and O–H groups in total. The van der Waals surface area contributed by atoms with Crippen LogP contribution >= 0.6 is 11.3 Å². The minimum Gasteiger partial charge on any atom is -0.326 e. The second-order valence-electron chi connectivity index (χ2n) is 5.80. The summed E-state index contributed by atoms with van der Waals surface area (Å²) < 4.78 is 4.65. The molecule has 0 aliphatic rings. The third-order valence-electron chi connectivity index (χ3n) is 4.31. The van der Waals surface area contributed by atoms with Crippen molar-refractivity contribution in [1.82, 2.24) is 14.1 Å². The summed E-state index contributed by atoms with van der Waals surface area (Å²) in [7, 11) is 1.79. The molecule has 0 saturated heterocycles. The molecule has 0 radical (unpaired) electrons. The highest BCUT2D eigenvalue weighted by Gasteiger charge is 2.17. The van der Waals surface area contributed by atoms with Gasteiger partial charge in [-0.15, -0.1) is 0 Å². The van der Waals surface area contributed by atoms with Crippen LogP contribution in [0.15, 0.2) is 66.0 Å². The molecule has 0 saturated carbocycles. The van der Waals surface area contributed by atoms with Gasteiger partial charge in [-0.1, -0.05) is 29.5 Å². The molecule has 2 aromatic heterocycles. The van der Waals surface area contributed by atoms with E-state index in [2.05, 4.69) is 17.1 Å². The Morgan fingerprint density at radius 3 is 2.60 bits per heavy atom. The number of fused-ring (bicyclic) bond motifs is 1. The summed E-state index contributed by atoms with van der Waals surface area (Å²) in [5, 5.41) is 9.02. The van der Waals surface area contributed by atoms with Gasteiger partial charge in [0.2, 0.25) is 0 Å². The van der Waals surface area contributed by atoms with Crippen molar-refractivity contribution in [3.05, 3.63) is 87.5 Å². The maximum atomic E-state index is 11.9. The van der Waals surface area contributed by atoms with Crippen molar-refractivity contribution in [2.75, 3.05) is 0 Å². The summed E-state index contributed by atoms with van der Waals surface area (Å²) in [6.07, 6.45) is 5.44. The minimum atomic E-state index is -0.0675. The van der Waals surface area contributed by atoms with Crippen LogP contribution in [0.3, 0.4) is 0 Å². The number of aromatic nitrogens is 3. The summed E-state index contributed by atoms with van der Waals surface area (Å²) in [4.78, 5) is 16.1. The van der Waals surface area contributed by atoms with Crippen molar-refractivity contribution < 1.29 is 0 Å². The quantitative estimate of drug-likeness (QED) is 0.572. The summed E-state index contributed by atoms with van der Waals surface area (Å²) in [5.74, 6) is 0. The monoisotopic (exact) mass is 346 g/mol. The molecule has 4 rings (SSSR count). The van der Waals surface area contributed by atoms with E-state index in [-0.39, 0.29) is 10.9 Å². The maximum absolute atomic E-state index is 11.9. The van der Waals surface area contributed by atoms with Crippen LogP contribution in [0.4, 0.5) is 0 Å². The van der Waals surface area contributed by atoms with Gasteiger partial charge in [-0.2, -0.15) is 5.26 Å². The van der Waals surface area contributed by atoms with Gasteiger partial charge in [-0.3, -0.25) is 4.79 Å². The highest BCUT2D eigenvalue weighted by molar-refractivity contribution is 7.16. The smallest absolute Gasteiger partial charge is 0.307 e.